The minimum atomic E-state index is -0.211. The Kier molecular flexibility index (Phi) is 5.44. The van der Waals surface area contributed by atoms with E-state index in [2.05, 4.69) is 13.0 Å². The molecule has 2 N–H and O–H groups in total. The molecule has 1 unspecified atom stereocenters. The lowest BCUT2D eigenvalue weighted by molar-refractivity contribution is -0.0696. The first-order chi connectivity index (χ1) is 9.72. The van der Waals surface area contributed by atoms with Gasteiger partial charge in [-0.2, -0.15) is 0 Å². The first-order valence-electron chi connectivity index (χ1n) is 7.75. The molecule has 1 saturated carbocycles. The molecule has 112 valence electrons. The van der Waals surface area contributed by atoms with Crippen LogP contribution in [0.25, 0.3) is 0 Å². The van der Waals surface area contributed by atoms with Crippen LogP contribution >= 0.6 is 0 Å². The third-order valence-corrected chi connectivity index (χ3v) is 4.40. The van der Waals surface area contributed by atoms with Crippen LogP contribution in [0.3, 0.4) is 0 Å². The van der Waals surface area contributed by atoms with E-state index in [-0.39, 0.29) is 11.6 Å². The molecule has 0 saturated heterocycles. The third-order valence-electron chi connectivity index (χ3n) is 4.40. The maximum absolute atomic E-state index is 6.60. The van der Waals surface area contributed by atoms with Gasteiger partial charge in [-0.1, -0.05) is 37.8 Å². The van der Waals surface area contributed by atoms with Crippen LogP contribution in [0.5, 0.6) is 5.75 Å². The Morgan fingerprint density at radius 1 is 1.20 bits per heavy atom. The van der Waals surface area contributed by atoms with Gasteiger partial charge in [-0.05, 0) is 37.5 Å². The number of methoxy groups -OCH3 is 1. The van der Waals surface area contributed by atoms with Crippen LogP contribution in [-0.4, -0.2) is 19.3 Å². The average Bonchev–Trinajstić information content (AvgIpc) is 2.73. The van der Waals surface area contributed by atoms with E-state index in [1.807, 2.05) is 18.2 Å². The molecule has 1 aliphatic rings. The Labute approximate surface area is 122 Å². The molecular weight excluding hydrogens is 250 g/mol. The highest BCUT2D eigenvalue weighted by molar-refractivity contribution is 5.32. The van der Waals surface area contributed by atoms with Crippen molar-refractivity contribution in [3.05, 3.63) is 29.8 Å². The Morgan fingerprint density at radius 2 is 1.90 bits per heavy atom. The lowest BCUT2D eigenvalue weighted by Gasteiger charge is -2.38. The van der Waals surface area contributed by atoms with Crippen LogP contribution < -0.4 is 10.5 Å². The van der Waals surface area contributed by atoms with E-state index >= 15 is 0 Å². The van der Waals surface area contributed by atoms with Gasteiger partial charge in [0.15, 0.2) is 0 Å². The summed E-state index contributed by atoms with van der Waals surface area (Å²) in [6.45, 7) is 2.78. The summed E-state index contributed by atoms with van der Waals surface area (Å²) in [5.41, 5.74) is 7.50. The zero-order valence-corrected chi connectivity index (χ0v) is 12.7. The van der Waals surface area contributed by atoms with Gasteiger partial charge in [0.2, 0.25) is 0 Å². The van der Waals surface area contributed by atoms with Gasteiger partial charge in [0.1, 0.15) is 5.75 Å². The highest BCUT2D eigenvalue weighted by atomic mass is 16.5. The molecule has 0 amide bonds. The Hall–Kier alpha value is -1.06. The fourth-order valence-corrected chi connectivity index (χ4v) is 3.30. The summed E-state index contributed by atoms with van der Waals surface area (Å²) in [6.07, 6.45) is 7.10. The average molecular weight is 277 g/mol. The summed E-state index contributed by atoms with van der Waals surface area (Å²) in [5.74, 6) is 0.859. The fourth-order valence-electron chi connectivity index (χ4n) is 3.30. The van der Waals surface area contributed by atoms with E-state index in [4.69, 9.17) is 15.2 Å². The minimum absolute atomic E-state index is 0.0874. The summed E-state index contributed by atoms with van der Waals surface area (Å²) in [6, 6.07) is 7.99. The second-order valence-corrected chi connectivity index (χ2v) is 5.67. The standard InChI is InChI=1S/C17H27NO2/c1-3-20-17(11-6-4-5-7-12-17)16(18)14-9-8-10-15(13-14)19-2/h8-10,13,16H,3-7,11-12,18H2,1-2H3. The molecular formula is C17H27NO2. The largest absolute Gasteiger partial charge is 0.497 e. The highest BCUT2D eigenvalue weighted by Crippen LogP contribution is 2.39. The summed E-state index contributed by atoms with van der Waals surface area (Å²) in [7, 11) is 1.69. The first-order valence-corrected chi connectivity index (χ1v) is 7.75. The van der Waals surface area contributed by atoms with E-state index < -0.39 is 0 Å². The van der Waals surface area contributed by atoms with E-state index in [9.17, 15) is 0 Å². The molecule has 1 aliphatic carbocycles. The molecule has 0 aromatic heterocycles. The molecule has 1 atom stereocenters. The van der Waals surface area contributed by atoms with Crippen LogP contribution in [0, 0.1) is 0 Å². The van der Waals surface area contributed by atoms with Crippen molar-refractivity contribution in [2.75, 3.05) is 13.7 Å². The van der Waals surface area contributed by atoms with E-state index in [1.54, 1.807) is 7.11 Å². The van der Waals surface area contributed by atoms with E-state index in [0.29, 0.717) is 0 Å². The first kappa shape index (κ1) is 15.3. The predicted octanol–water partition coefficient (Wildman–Crippen LogP) is 3.82. The van der Waals surface area contributed by atoms with Crippen molar-refractivity contribution >= 4 is 0 Å². The monoisotopic (exact) mass is 277 g/mol. The zero-order valence-electron chi connectivity index (χ0n) is 12.7. The molecule has 3 nitrogen and oxygen atoms in total. The van der Waals surface area contributed by atoms with Crippen LogP contribution in [-0.2, 0) is 4.74 Å². The summed E-state index contributed by atoms with van der Waals surface area (Å²) in [5, 5.41) is 0. The Morgan fingerprint density at radius 3 is 2.50 bits per heavy atom. The van der Waals surface area contributed by atoms with Crippen molar-refractivity contribution < 1.29 is 9.47 Å². The summed E-state index contributed by atoms with van der Waals surface area (Å²) >= 11 is 0. The maximum Gasteiger partial charge on any atom is 0.119 e. The second-order valence-electron chi connectivity index (χ2n) is 5.67. The lowest BCUT2D eigenvalue weighted by Crippen LogP contribution is -2.43. The predicted molar refractivity (Wildman–Crippen MR) is 82.0 cm³/mol. The van der Waals surface area contributed by atoms with Crippen LogP contribution in [0.2, 0.25) is 0 Å². The third kappa shape index (κ3) is 3.33. The molecule has 0 bridgehead atoms. The fraction of sp³-hybridized carbons (Fsp3) is 0.647. The van der Waals surface area contributed by atoms with Gasteiger partial charge in [-0.15, -0.1) is 0 Å². The molecule has 20 heavy (non-hydrogen) atoms. The minimum Gasteiger partial charge on any atom is -0.497 e. The molecule has 1 aromatic rings. The quantitative estimate of drug-likeness (QED) is 0.832. The van der Waals surface area contributed by atoms with Gasteiger partial charge in [0, 0.05) is 6.61 Å². The van der Waals surface area contributed by atoms with Crippen LogP contribution in [0.15, 0.2) is 24.3 Å². The number of hydrogen-bond donors (Lipinski definition) is 1. The molecule has 0 radical (unpaired) electrons. The van der Waals surface area contributed by atoms with Crippen LogP contribution in [0.4, 0.5) is 0 Å². The van der Waals surface area contributed by atoms with Gasteiger partial charge in [0.05, 0.1) is 18.8 Å². The van der Waals surface area contributed by atoms with Gasteiger partial charge in [0.25, 0.3) is 0 Å². The normalized spacial score (nSPS) is 20.1. The number of nitrogens with two attached hydrogens (primary N) is 1. The molecule has 0 spiro atoms. The van der Waals surface area contributed by atoms with Crippen molar-refractivity contribution in [1.29, 1.82) is 0 Å². The van der Waals surface area contributed by atoms with Crippen molar-refractivity contribution in [1.82, 2.24) is 0 Å². The molecule has 0 aliphatic heterocycles. The van der Waals surface area contributed by atoms with Gasteiger partial charge in [-0.3, -0.25) is 0 Å². The SMILES string of the molecule is CCOC1(C(N)c2cccc(OC)c2)CCCCCC1. The number of hydrogen-bond acceptors (Lipinski definition) is 3. The van der Waals surface area contributed by atoms with E-state index in [0.717, 1.165) is 30.8 Å². The smallest absolute Gasteiger partial charge is 0.119 e. The summed E-state index contributed by atoms with van der Waals surface area (Å²) in [4.78, 5) is 0. The topological polar surface area (TPSA) is 44.5 Å². The highest BCUT2D eigenvalue weighted by Gasteiger charge is 2.38. The van der Waals surface area contributed by atoms with Crippen LogP contribution in [0.1, 0.15) is 57.1 Å². The van der Waals surface area contributed by atoms with Gasteiger partial charge < -0.3 is 15.2 Å². The molecule has 0 heterocycles. The Bertz CT molecular complexity index is 411. The van der Waals surface area contributed by atoms with Crippen molar-refractivity contribution in [3.8, 4) is 5.75 Å². The molecule has 1 aromatic carbocycles. The molecule has 2 rings (SSSR count). The maximum atomic E-state index is 6.60. The van der Waals surface area contributed by atoms with Crippen molar-refractivity contribution in [2.45, 2.75) is 57.1 Å². The number of rotatable bonds is 5. The van der Waals surface area contributed by atoms with Crippen molar-refractivity contribution in [3.63, 3.8) is 0 Å². The molecule has 3 heteroatoms. The lowest BCUT2D eigenvalue weighted by atomic mass is 9.82. The zero-order chi connectivity index (χ0) is 14.4. The van der Waals surface area contributed by atoms with E-state index in [1.165, 1.54) is 25.7 Å². The van der Waals surface area contributed by atoms with Gasteiger partial charge in [-0.25, -0.2) is 0 Å². The van der Waals surface area contributed by atoms with Crippen molar-refractivity contribution in [2.24, 2.45) is 5.73 Å². The molecule has 1 fully saturated rings. The Balaban J connectivity index is 2.26. The van der Waals surface area contributed by atoms with Gasteiger partial charge >= 0.3 is 0 Å². The second kappa shape index (κ2) is 7.09. The summed E-state index contributed by atoms with van der Waals surface area (Å²) < 4.78 is 11.5. The number of ether oxygens (including phenoxy) is 2. The number of benzene rings is 1.